The summed E-state index contributed by atoms with van der Waals surface area (Å²) < 4.78 is 6.44. The standard InChI is InChI=1S/C27H39N3O3S/c1-3-22-15-23-25(34-22)8-13-33-27(23)9-11-30(12-10-27)18-20-5-7-24(29(2)17-20)26(32)28-16-19-4-6-21(31)14-19/h5,7,15,17,19,21,24,31H,3-4,6,8-14,16,18H2,1-2H3,(H,28,32). The molecule has 1 spiro atoms. The molecule has 186 valence electrons. The Balaban J connectivity index is 1.12. The van der Waals surface area contributed by atoms with E-state index >= 15 is 0 Å². The third-order valence-electron chi connectivity index (χ3n) is 8.12. The number of piperidine rings is 1. The lowest BCUT2D eigenvalue weighted by atomic mass is 9.82. The molecule has 1 saturated heterocycles. The van der Waals surface area contributed by atoms with Crippen molar-refractivity contribution >= 4 is 17.2 Å². The van der Waals surface area contributed by atoms with Crippen molar-refractivity contribution in [2.24, 2.45) is 5.92 Å². The van der Waals surface area contributed by atoms with Crippen molar-refractivity contribution in [1.82, 2.24) is 15.1 Å². The van der Waals surface area contributed by atoms with E-state index in [1.54, 1.807) is 4.88 Å². The molecule has 1 aromatic heterocycles. The molecule has 7 heteroatoms. The lowest BCUT2D eigenvalue weighted by molar-refractivity contribution is -0.124. The van der Waals surface area contributed by atoms with Gasteiger partial charge < -0.3 is 20.1 Å². The fraction of sp³-hybridized carbons (Fsp3) is 0.667. The summed E-state index contributed by atoms with van der Waals surface area (Å²) in [6, 6.07) is 2.15. The molecule has 4 heterocycles. The van der Waals surface area contributed by atoms with E-state index in [9.17, 15) is 9.90 Å². The zero-order chi connectivity index (χ0) is 23.7. The van der Waals surface area contributed by atoms with Crippen LogP contribution in [0.3, 0.4) is 0 Å². The van der Waals surface area contributed by atoms with E-state index in [-0.39, 0.29) is 23.7 Å². The fourth-order valence-electron chi connectivity index (χ4n) is 6.08. The zero-order valence-electron chi connectivity index (χ0n) is 20.6. The van der Waals surface area contributed by atoms with Gasteiger partial charge in [-0.05, 0) is 61.6 Å². The molecule has 1 aromatic rings. The van der Waals surface area contributed by atoms with Crippen LogP contribution in [0, 0.1) is 5.92 Å². The maximum Gasteiger partial charge on any atom is 0.246 e. The van der Waals surface area contributed by atoms with Crippen LogP contribution in [-0.4, -0.2) is 72.8 Å². The van der Waals surface area contributed by atoms with Gasteiger partial charge in [-0.25, -0.2) is 0 Å². The molecule has 0 radical (unpaired) electrons. The monoisotopic (exact) mass is 485 g/mol. The summed E-state index contributed by atoms with van der Waals surface area (Å²) in [5, 5.41) is 12.8. The van der Waals surface area contributed by atoms with E-state index < -0.39 is 0 Å². The van der Waals surface area contributed by atoms with Crippen LogP contribution in [-0.2, 0) is 28.0 Å². The van der Waals surface area contributed by atoms with Crippen LogP contribution >= 0.6 is 11.3 Å². The Morgan fingerprint density at radius 2 is 2.15 bits per heavy atom. The summed E-state index contributed by atoms with van der Waals surface area (Å²) >= 11 is 1.98. The summed E-state index contributed by atoms with van der Waals surface area (Å²) in [7, 11) is 1.98. The number of hydrogen-bond acceptors (Lipinski definition) is 6. The predicted octanol–water partition coefficient (Wildman–Crippen LogP) is 3.21. The number of ether oxygens (including phenoxy) is 1. The second-order valence-electron chi connectivity index (χ2n) is 10.5. The summed E-state index contributed by atoms with van der Waals surface area (Å²) in [6.07, 6.45) is 13.0. The zero-order valence-corrected chi connectivity index (χ0v) is 21.4. The number of carbonyl (C=O) groups excluding carboxylic acids is 1. The van der Waals surface area contributed by atoms with Crippen molar-refractivity contribution in [3.63, 3.8) is 0 Å². The van der Waals surface area contributed by atoms with Gasteiger partial charge in [-0.3, -0.25) is 9.69 Å². The highest BCUT2D eigenvalue weighted by Gasteiger charge is 2.42. The second-order valence-corrected chi connectivity index (χ2v) is 11.7. The largest absolute Gasteiger partial charge is 0.393 e. The predicted molar refractivity (Wildman–Crippen MR) is 136 cm³/mol. The number of carbonyl (C=O) groups is 1. The highest BCUT2D eigenvalue weighted by atomic mass is 32.1. The van der Waals surface area contributed by atoms with Gasteiger partial charge in [-0.2, -0.15) is 0 Å². The second kappa shape index (κ2) is 10.1. The van der Waals surface area contributed by atoms with Gasteiger partial charge in [0, 0.05) is 55.6 Å². The Hall–Kier alpha value is -1.67. The van der Waals surface area contributed by atoms with E-state index in [0.717, 1.165) is 71.2 Å². The lowest BCUT2D eigenvalue weighted by Gasteiger charge is -2.44. The number of aryl methyl sites for hydroxylation is 1. The third kappa shape index (κ3) is 4.99. The molecule has 2 N–H and O–H groups in total. The molecule has 4 aliphatic rings. The molecule has 1 amide bonds. The van der Waals surface area contributed by atoms with Crippen molar-refractivity contribution in [2.45, 2.75) is 69.6 Å². The molecule has 6 nitrogen and oxygen atoms in total. The number of aliphatic hydroxyl groups is 1. The number of rotatable bonds is 6. The van der Waals surface area contributed by atoms with Crippen molar-refractivity contribution in [1.29, 1.82) is 0 Å². The minimum Gasteiger partial charge on any atom is -0.393 e. The third-order valence-corrected chi connectivity index (χ3v) is 9.46. The Kier molecular flexibility index (Phi) is 7.17. The number of hydrogen-bond donors (Lipinski definition) is 2. The summed E-state index contributed by atoms with van der Waals surface area (Å²) in [5.41, 5.74) is 2.63. The van der Waals surface area contributed by atoms with Crippen LogP contribution in [0.2, 0.25) is 0 Å². The molecule has 34 heavy (non-hydrogen) atoms. The van der Waals surface area contributed by atoms with E-state index in [0.29, 0.717) is 12.5 Å². The molecule has 1 aliphatic carbocycles. The Morgan fingerprint density at radius 1 is 1.32 bits per heavy atom. The van der Waals surface area contributed by atoms with E-state index in [4.69, 9.17) is 4.74 Å². The van der Waals surface area contributed by atoms with Gasteiger partial charge in [0.05, 0.1) is 18.3 Å². The fourth-order valence-corrected chi connectivity index (χ4v) is 7.25. The number of nitrogens with zero attached hydrogens (tertiary/aromatic N) is 2. The van der Waals surface area contributed by atoms with Crippen LogP contribution in [0.4, 0.5) is 0 Å². The Labute approximate surface area is 207 Å². The first-order chi connectivity index (χ1) is 16.5. The quantitative estimate of drug-likeness (QED) is 0.648. The Morgan fingerprint density at radius 3 is 2.85 bits per heavy atom. The van der Waals surface area contributed by atoms with Gasteiger partial charge in [-0.1, -0.05) is 19.1 Å². The molecule has 0 aromatic carbocycles. The molecule has 0 bridgehead atoms. The van der Waals surface area contributed by atoms with Crippen LogP contribution in [0.15, 0.2) is 30.0 Å². The van der Waals surface area contributed by atoms with Crippen LogP contribution < -0.4 is 5.32 Å². The van der Waals surface area contributed by atoms with Crippen molar-refractivity contribution in [2.75, 3.05) is 39.8 Å². The molecule has 3 unspecified atom stereocenters. The van der Waals surface area contributed by atoms with Gasteiger partial charge in [0.15, 0.2) is 0 Å². The summed E-state index contributed by atoms with van der Waals surface area (Å²) in [4.78, 5) is 20.3. The van der Waals surface area contributed by atoms with Gasteiger partial charge in [0.2, 0.25) is 5.91 Å². The lowest BCUT2D eigenvalue weighted by Crippen LogP contribution is -2.47. The minimum atomic E-state index is -0.264. The minimum absolute atomic E-state index is 0.0443. The van der Waals surface area contributed by atoms with Crippen LogP contribution in [0.5, 0.6) is 0 Å². The van der Waals surface area contributed by atoms with Gasteiger partial charge in [-0.15, -0.1) is 11.3 Å². The number of thiophene rings is 1. The molecule has 2 fully saturated rings. The van der Waals surface area contributed by atoms with Crippen LogP contribution in [0.1, 0.15) is 54.3 Å². The highest BCUT2D eigenvalue weighted by Crippen LogP contribution is 2.44. The smallest absolute Gasteiger partial charge is 0.246 e. The average molecular weight is 486 g/mol. The summed E-state index contributed by atoms with van der Waals surface area (Å²) in [5.74, 6) is 0.444. The maximum atomic E-state index is 12.7. The normalized spacial score (nSPS) is 28.7. The number of fused-ring (bicyclic) bond motifs is 2. The number of likely N-dealkylation sites (N-methyl/N-ethyl adjacent to an activating group) is 1. The topological polar surface area (TPSA) is 65.0 Å². The number of aliphatic hydroxyl groups excluding tert-OH is 1. The van der Waals surface area contributed by atoms with Gasteiger partial charge >= 0.3 is 0 Å². The van der Waals surface area contributed by atoms with E-state index in [1.807, 2.05) is 29.4 Å². The first-order valence-electron chi connectivity index (χ1n) is 13.0. The molecular weight excluding hydrogens is 446 g/mol. The SMILES string of the molecule is CCc1cc2c(s1)CCOC21CCN(CC2=CN(C)C(C(=O)NCC3CCC(O)C3)C=C2)CC1. The molecule has 3 aliphatic heterocycles. The molecule has 1 saturated carbocycles. The van der Waals surface area contributed by atoms with Gasteiger partial charge in [0.25, 0.3) is 0 Å². The molecule has 3 atom stereocenters. The molecule has 5 rings (SSSR count). The van der Waals surface area contributed by atoms with E-state index in [2.05, 4.69) is 35.5 Å². The first kappa shape index (κ1) is 24.0. The maximum absolute atomic E-state index is 12.7. The van der Waals surface area contributed by atoms with Gasteiger partial charge in [0.1, 0.15) is 6.04 Å². The summed E-state index contributed by atoms with van der Waals surface area (Å²) in [6.45, 7) is 6.71. The van der Waals surface area contributed by atoms with Crippen molar-refractivity contribution in [3.05, 3.63) is 45.3 Å². The number of amides is 1. The highest BCUT2D eigenvalue weighted by molar-refractivity contribution is 7.12. The van der Waals surface area contributed by atoms with Crippen molar-refractivity contribution < 1.29 is 14.6 Å². The number of likely N-dealkylation sites (tertiary alicyclic amines) is 1. The average Bonchev–Trinajstić information content (AvgIpc) is 3.46. The Bertz CT molecular complexity index is 947. The molecular formula is C27H39N3O3S. The number of nitrogens with one attached hydrogen (secondary N) is 1. The van der Waals surface area contributed by atoms with Crippen LogP contribution in [0.25, 0.3) is 0 Å². The van der Waals surface area contributed by atoms with Crippen molar-refractivity contribution in [3.8, 4) is 0 Å². The van der Waals surface area contributed by atoms with E-state index in [1.165, 1.54) is 16.0 Å². The first-order valence-corrected chi connectivity index (χ1v) is 13.8.